The Morgan fingerprint density at radius 3 is 3.00 bits per heavy atom. The molecule has 0 aliphatic carbocycles. The molecule has 2 fully saturated rings. The molecular formula is C9H18N2OS. The Labute approximate surface area is 85.6 Å². The fraction of sp³-hybridized carbons (Fsp3) is 1.00. The van der Waals surface area contributed by atoms with Crippen LogP contribution in [0.3, 0.4) is 0 Å². The van der Waals surface area contributed by atoms with Crippen molar-refractivity contribution in [1.29, 1.82) is 0 Å². The normalized spacial score (nSPS) is 36.5. The second-order valence-electron chi connectivity index (χ2n) is 3.90. The number of ether oxygens (including phenoxy) is 1. The molecule has 2 heterocycles. The Morgan fingerprint density at radius 1 is 1.46 bits per heavy atom. The average molecular weight is 202 g/mol. The molecule has 0 radical (unpaired) electrons. The van der Waals surface area contributed by atoms with E-state index in [2.05, 4.69) is 28.9 Å². The molecule has 0 spiro atoms. The van der Waals surface area contributed by atoms with Crippen LogP contribution >= 0.6 is 12.8 Å². The number of morpholine rings is 1. The molecule has 2 aliphatic heterocycles. The first-order valence-electron chi connectivity index (χ1n) is 5.10. The summed E-state index contributed by atoms with van der Waals surface area (Å²) in [6, 6.07) is 0.517. The van der Waals surface area contributed by atoms with Crippen LogP contribution in [0.4, 0.5) is 0 Å². The third kappa shape index (κ3) is 2.01. The third-order valence-electron chi connectivity index (χ3n) is 2.89. The molecule has 13 heavy (non-hydrogen) atoms. The fourth-order valence-electron chi connectivity index (χ4n) is 2.24. The topological polar surface area (TPSA) is 15.7 Å². The number of likely N-dealkylation sites (tertiary alicyclic amines) is 1. The van der Waals surface area contributed by atoms with Crippen molar-refractivity contribution < 1.29 is 4.74 Å². The van der Waals surface area contributed by atoms with Crippen molar-refractivity contribution in [3.63, 3.8) is 0 Å². The van der Waals surface area contributed by atoms with Gasteiger partial charge in [-0.1, -0.05) is 19.7 Å². The van der Waals surface area contributed by atoms with E-state index in [1.165, 1.54) is 13.0 Å². The van der Waals surface area contributed by atoms with Crippen LogP contribution in [0, 0.1) is 0 Å². The zero-order valence-corrected chi connectivity index (χ0v) is 9.04. The van der Waals surface area contributed by atoms with Gasteiger partial charge in [-0.3, -0.25) is 4.90 Å². The van der Waals surface area contributed by atoms with Crippen molar-refractivity contribution in [2.75, 3.05) is 32.8 Å². The molecule has 2 saturated heterocycles. The van der Waals surface area contributed by atoms with E-state index in [1.807, 2.05) is 0 Å². The summed E-state index contributed by atoms with van der Waals surface area (Å²) in [6.07, 6.45) is 1.63. The van der Waals surface area contributed by atoms with Crippen molar-refractivity contribution in [3.05, 3.63) is 0 Å². The summed E-state index contributed by atoms with van der Waals surface area (Å²) in [5.41, 5.74) is 0. The summed E-state index contributed by atoms with van der Waals surface area (Å²) in [7, 11) is 0. The lowest BCUT2D eigenvalue weighted by atomic mass is 10.2. The van der Waals surface area contributed by atoms with Gasteiger partial charge in [0.1, 0.15) is 0 Å². The van der Waals surface area contributed by atoms with Gasteiger partial charge in [-0.05, 0) is 13.0 Å². The predicted molar refractivity (Wildman–Crippen MR) is 56.0 cm³/mol. The molecule has 2 atom stereocenters. The van der Waals surface area contributed by atoms with Gasteiger partial charge in [-0.2, -0.15) is 0 Å². The number of fused-ring (bicyclic) bond motifs is 1. The van der Waals surface area contributed by atoms with Crippen LogP contribution in [-0.2, 0) is 4.74 Å². The molecule has 2 rings (SSSR count). The highest BCUT2D eigenvalue weighted by molar-refractivity contribution is 7.77. The zero-order chi connectivity index (χ0) is 9.26. The third-order valence-corrected chi connectivity index (χ3v) is 3.38. The molecule has 76 valence electrons. The van der Waals surface area contributed by atoms with Crippen LogP contribution in [0.2, 0.25) is 0 Å². The van der Waals surface area contributed by atoms with E-state index in [1.54, 1.807) is 0 Å². The zero-order valence-electron chi connectivity index (χ0n) is 8.15. The van der Waals surface area contributed by atoms with Crippen molar-refractivity contribution in [2.45, 2.75) is 25.5 Å². The van der Waals surface area contributed by atoms with Crippen LogP contribution < -0.4 is 0 Å². The van der Waals surface area contributed by atoms with Crippen molar-refractivity contribution in [2.24, 2.45) is 0 Å². The van der Waals surface area contributed by atoms with E-state index in [0.717, 1.165) is 26.2 Å². The van der Waals surface area contributed by atoms with Crippen LogP contribution in [0.5, 0.6) is 0 Å². The quantitative estimate of drug-likeness (QED) is 0.661. The summed E-state index contributed by atoms with van der Waals surface area (Å²) in [5.74, 6) is 0. The van der Waals surface area contributed by atoms with E-state index in [0.29, 0.717) is 12.1 Å². The lowest BCUT2D eigenvalue weighted by Gasteiger charge is -2.32. The summed E-state index contributed by atoms with van der Waals surface area (Å²) in [4.78, 5) is 2.48. The van der Waals surface area contributed by atoms with Gasteiger partial charge in [0.2, 0.25) is 0 Å². The van der Waals surface area contributed by atoms with Gasteiger partial charge in [0.05, 0.1) is 18.8 Å². The minimum Gasteiger partial charge on any atom is -0.374 e. The largest absolute Gasteiger partial charge is 0.374 e. The minimum atomic E-state index is 0.401. The standard InChI is InChI=1S/C9H18N2OS/c1-2-3-10-6-8-9(7-10)12-5-4-11(8)13/h8-9,13H,2-7H2,1H3. The van der Waals surface area contributed by atoms with Crippen LogP contribution in [0.1, 0.15) is 13.3 Å². The highest BCUT2D eigenvalue weighted by atomic mass is 32.1. The lowest BCUT2D eigenvalue weighted by molar-refractivity contribution is -0.0119. The summed E-state index contributed by atoms with van der Waals surface area (Å²) < 4.78 is 7.86. The Balaban J connectivity index is 1.92. The molecule has 4 heteroatoms. The maximum atomic E-state index is 5.72. The molecule has 0 aromatic heterocycles. The Bertz CT molecular complexity index is 179. The van der Waals surface area contributed by atoms with Gasteiger partial charge in [0, 0.05) is 19.6 Å². The van der Waals surface area contributed by atoms with Crippen molar-refractivity contribution in [1.82, 2.24) is 9.21 Å². The van der Waals surface area contributed by atoms with Crippen LogP contribution in [0.25, 0.3) is 0 Å². The molecular weight excluding hydrogens is 184 g/mol. The molecule has 0 aromatic carbocycles. The molecule has 2 unspecified atom stereocenters. The van der Waals surface area contributed by atoms with Gasteiger partial charge < -0.3 is 4.74 Å². The van der Waals surface area contributed by atoms with Gasteiger partial charge in [0.25, 0.3) is 0 Å². The van der Waals surface area contributed by atoms with E-state index < -0.39 is 0 Å². The first-order valence-corrected chi connectivity index (χ1v) is 5.50. The van der Waals surface area contributed by atoms with E-state index >= 15 is 0 Å². The Hall–Kier alpha value is 0.230. The van der Waals surface area contributed by atoms with Gasteiger partial charge >= 0.3 is 0 Å². The molecule has 0 N–H and O–H groups in total. The number of rotatable bonds is 2. The smallest absolute Gasteiger partial charge is 0.0879 e. The second-order valence-corrected chi connectivity index (χ2v) is 4.41. The summed E-state index contributed by atoms with van der Waals surface area (Å²) in [5, 5.41) is 0. The summed E-state index contributed by atoms with van der Waals surface area (Å²) in [6.45, 7) is 7.44. The van der Waals surface area contributed by atoms with Crippen molar-refractivity contribution in [3.8, 4) is 0 Å². The Morgan fingerprint density at radius 2 is 2.31 bits per heavy atom. The van der Waals surface area contributed by atoms with Crippen molar-refractivity contribution >= 4 is 12.8 Å². The monoisotopic (exact) mass is 202 g/mol. The molecule has 2 aliphatic rings. The first kappa shape index (κ1) is 9.77. The molecule has 0 saturated carbocycles. The van der Waals surface area contributed by atoms with E-state index in [9.17, 15) is 0 Å². The van der Waals surface area contributed by atoms with E-state index in [4.69, 9.17) is 4.74 Å². The highest BCUT2D eigenvalue weighted by Crippen LogP contribution is 2.23. The van der Waals surface area contributed by atoms with Crippen LogP contribution in [0.15, 0.2) is 0 Å². The molecule has 0 aromatic rings. The molecule has 3 nitrogen and oxygen atoms in total. The van der Waals surface area contributed by atoms with Crippen LogP contribution in [-0.4, -0.2) is 54.1 Å². The second kappa shape index (κ2) is 4.17. The molecule has 0 bridgehead atoms. The molecule has 0 amide bonds. The maximum absolute atomic E-state index is 5.72. The minimum absolute atomic E-state index is 0.401. The first-order chi connectivity index (χ1) is 6.31. The SMILES string of the molecule is CCCN1CC2OCCN(S)C2C1. The number of nitrogens with zero attached hydrogens (tertiary/aromatic N) is 2. The number of hydrogen-bond donors (Lipinski definition) is 1. The van der Waals surface area contributed by atoms with Gasteiger partial charge in [-0.25, -0.2) is 4.31 Å². The Kier molecular flexibility index (Phi) is 3.14. The predicted octanol–water partition coefficient (Wildman–Crippen LogP) is 0.626. The number of hydrogen-bond acceptors (Lipinski definition) is 4. The maximum Gasteiger partial charge on any atom is 0.0879 e. The van der Waals surface area contributed by atoms with E-state index in [-0.39, 0.29) is 0 Å². The average Bonchev–Trinajstić information content (AvgIpc) is 2.49. The summed E-state index contributed by atoms with van der Waals surface area (Å²) >= 11 is 4.47. The fourth-order valence-corrected chi connectivity index (χ4v) is 2.55. The van der Waals surface area contributed by atoms with Gasteiger partial charge in [0.15, 0.2) is 0 Å². The highest BCUT2D eigenvalue weighted by Gasteiger charge is 2.38. The number of thiol groups is 1. The van der Waals surface area contributed by atoms with Gasteiger partial charge in [-0.15, -0.1) is 0 Å². The lowest BCUT2D eigenvalue weighted by Crippen LogP contribution is -2.45.